The van der Waals surface area contributed by atoms with E-state index in [2.05, 4.69) is 17.4 Å². The van der Waals surface area contributed by atoms with Gasteiger partial charge in [-0.2, -0.15) is 13.2 Å². The zero-order valence-corrected chi connectivity index (χ0v) is 11.8. The Balaban J connectivity index is 1.88. The lowest BCUT2D eigenvalue weighted by atomic mass is 9.74. The van der Waals surface area contributed by atoms with E-state index in [4.69, 9.17) is 0 Å². The van der Waals surface area contributed by atoms with Crippen molar-refractivity contribution in [2.45, 2.75) is 57.2 Å². The Morgan fingerprint density at radius 3 is 2.70 bits per heavy atom. The van der Waals surface area contributed by atoms with Crippen molar-refractivity contribution >= 4 is 0 Å². The van der Waals surface area contributed by atoms with Gasteiger partial charge in [0.05, 0.1) is 0 Å². The van der Waals surface area contributed by atoms with E-state index in [0.717, 1.165) is 25.8 Å². The highest BCUT2D eigenvalue weighted by Crippen LogP contribution is 2.38. The molecule has 0 aliphatic heterocycles. The summed E-state index contributed by atoms with van der Waals surface area (Å²) in [6.07, 6.45) is -1.79. The van der Waals surface area contributed by atoms with Gasteiger partial charge in [-0.3, -0.25) is 0 Å². The average molecular weight is 285 g/mol. The first-order valence-electron chi connectivity index (χ1n) is 7.37. The molecule has 1 aliphatic rings. The van der Waals surface area contributed by atoms with Gasteiger partial charge < -0.3 is 5.32 Å². The lowest BCUT2D eigenvalue weighted by Gasteiger charge is -2.33. The Kier molecular flexibility index (Phi) is 5.08. The molecule has 0 fully saturated rings. The van der Waals surface area contributed by atoms with E-state index < -0.39 is 12.6 Å². The van der Waals surface area contributed by atoms with Crippen molar-refractivity contribution in [2.24, 2.45) is 0 Å². The minimum Gasteiger partial charge on any atom is -0.314 e. The zero-order valence-electron chi connectivity index (χ0n) is 11.8. The van der Waals surface area contributed by atoms with Crippen molar-refractivity contribution in [3.63, 3.8) is 0 Å². The van der Waals surface area contributed by atoms with Gasteiger partial charge in [-0.05, 0) is 49.3 Å². The maximum atomic E-state index is 12.4. The molecule has 2 unspecified atom stereocenters. The van der Waals surface area contributed by atoms with Gasteiger partial charge in [0.15, 0.2) is 0 Å². The molecule has 1 aliphatic carbocycles. The van der Waals surface area contributed by atoms with Crippen molar-refractivity contribution in [3.8, 4) is 0 Å². The summed E-state index contributed by atoms with van der Waals surface area (Å²) in [7, 11) is 0. The van der Waals surface area contributed by atoms with Crippen LogP contribution in [0.1, 0.15) is 49.7 Å². The number of hydrogen-bond acceptors (Lipinski definition) is 1. The van der Waals surface area contributed by atoms with Crippen molar-refractivity contribution in [3.05, 3.63) is 35.4 Å². The quantitative estimate of drug-likeness (QED) is 0.781. The number of halogens is 3. The van der Waals surface area contributed by atoms with Crippen LogP contribution in [0.15, 0.2) is 24.3 Å². The second-order valence-corrected chi connectivity index (χ2v) is 5.64. The second kappa shape index (κ2) is 6.61. The van der Waals surface area contributed by atoms with Crippen molar-refractivity contribution in [1.82, 2.24) is 5.32 Å². The molecule has 0 heterocycles. The molecule has 112 valence electrons. The monoisotopic (exact) mass is 285 g/mol. The normalized spacial score (nSPS) is 19.3. The molecule has 1 N–H and O–H groups in total. The molecule has 4 heteroatoms. The van der Waals surface area contributed by atoms with E-state index in [1.165, 1.54) is 11.1 Å². The Morgan fingerprint density at radius 1 is 1.30 bits per heavy atom. The van der Waals surface area contributed by atoms with Gasteiger partial charge in [0.2, 0.25) is 0 Å². The lowest BCUT2D eigenvalue weighted by Crippen LogP contribution is -2.34. The highest BCUT2D eigenvalue weighted by Gasteiger charge is 2.31. The molecule has 20 heavy (non-hydrogen) atoms. The van der Waals surface area contributed by atoms with Gasteiger partial charge in [-0.1, -0.05) is 31.2 Å². The van der Waals surface area contributed by atoms with Crippen LogP contribution in [-0.4, -0.2) is 18.8 Å². The maximum Gasteiger partial charge on any atom is 0.389 e. The third-order valence-electron chi connectivity index (χ3n) is 3.99. The smallest absolute Gasteiger partial charge is 0.314 e. The van der Waals surface area contributed by atoms with Crippen molar-refractivity contribution in [2.75, 3.05) is 6.54 Å². The maximum absolute atomic E-state index is 12.4. The SMILES string of the molecule is CCCNC(CCC(F)(F)F)CC1Cc2ccccc21. The summed E-state index contributed by atoms with van der Waals surface area (Å²) in [5, 5.41) is 3.27. The molecule has 0 radical (unpaired) electrons. The predicted molar refractivity (Wildman–Crippen MR) is 74.9 cm³/mol. The highest BCUT2D eigenvalue weighted by molar-refractivity contribution is 5.39. The van der Waals surface area contributed by atoms with Gasteiger partial charge in [0.1, 0.15) is 0 Å². The van der Waals surface area contributed by atoms with E-state index in [0.29, 0.717) is 5.92 Å². The molecule has 1 aromatic rings. The van der Waals surface area contributed by atoms with Crippen LogP contribution in [0, 0.1) is 0 Å². The summed E-state index contributed by atoms with van der Waals surface area (Å²) in [5.74, 6) is 0.425. The number of alkyl halides is 3. The molecule has 0 saturated heterocycles. The Hall–Kier alpha value is -1.03. The predicted octanol–water partition coefficient (Wildman–Crippen LogP) is 4.43. The molecule has 2 rings (SSSR count). The number of rotatable bonds is 7. The summed E-state index contributed by atoms with van der Waals surface area (Å²) < 4.78 is 37.1. The molecule has 1 nitrogen and oxygen atoms in total. The number of hydrogen-bond donors (Lipinski definition) is 1. The zero-order chi connectivity index (χ0) is 14.6. The first kappa shape index (κ1) is 15.4. The fourth-order valence-electron chi connectivity index (χ4n) is 2.91. The third kappa shape index (κ3) is 4.23. The summed E-state index contributed by atoms with van der Waals surface area (Å²) >= 11 is 0. The van der Waals surface area contributed by atoms with Gasteiger partial charge in [0, 0.05) is 12.5 Å². The summed E-state index contributed by atoms with van der Waals surface area (Å²) in [6.45, 7) is 2.82. The highest BCUT2D eigenvalue weighted by atomic mass is 19.4. The summed E-state index contributed by atoms with van der Waals surface area (Å²) in [6, 6.07) is 8.20. The van der Waals surface area contributed by atoms with E-state index in [1.807, 2.05) is 19.1 Å². The minimum absolute atomic E-state index is 0.0325. The molecular weight excluding hydrogens is 263 g/mol. The Bertz CT molecular complexity index is 428. The van der Waals surface area contributed by atoms with Crippen LogP contribution in [0.25, 0.3) is 0 Å². The first-order valence-corrected chi connectivity index (χ1v) is 7.37. The molecule has 0 bridgehead atoms. The van der Waals surface area contributed by atoms with Crippen molar-refractivity contribution in [1.29, 1.82) is 0 Å². The Morgan fingerprint density at radius 2 is 2.05 bits per heavy atom. The van der Waals surface area contributed by atoms with Crippen LogP contribution in [0.3, 0.4) is 0 Å². The standard InChI is InChI=1S/C16H22F3N/c1-2-9-20-14(7-8-16(17,18)19)11-13-10-12-5-3-4-6-15(12)13/h3-6,13-14,20H,2,7-11H2,1H3. The average Bonchev–Trinajstić information content (AvgIpc) is 2.37. The lowest BCUT2D eigenvalue weighted by molar-refractivity contribution is -0.136. The molecule has 0 amide bonds. The third-order valence-corrected chi connectivity index (χ3v) is 3.99. The van der Waals surface area contributed by atoms with Crippen molar-refractivity contribution < 1.29 is 13.2 Å². The van der Waals surface area contributed by atoms with E-state index >= 15 is 0 Å². The minimum atomic E-state index is -4.05. The van der Waals surface area contributed by atoms with E-state index in [1.54, 1.807) is 0 Å². The topological polar surface area (TPSA) is 12.0 Å². The Labute approximate surface area is 118 Å². The van der Waals surface area contributed by atoms with Crippen LogP contribution in [0.4, 0.5) is 13.2 Å². The summed E-state index contributed by atoms with van der Waals surface area (Å²) in [4.78, 5) is 0. The first-order chi connectivity index (χ1) is 9.49. The van der Waals surface area contributed by atoms with Gasteiger partial charge in [-0.15, -0.1) is 0 Å². The van der Waals surface area contributed by atoms with Crippen LogP contribution in [0.2, 0.25) is 0 Å². The molecule has 0 spiro atoms. The molecule has 0 aromatic heterocycles. The number of benzene rings is 1. The van der Waals surface area contributed by atoms with Gasteiger partial charge >= 0.3 is 6.18 Å². The van der Waals surface area contributed by atoms with Crippen LogP contribution >= 0.6 is 0 Å². The van der Waals surface area contributed by atoms with Gasteiger partial charge in [-0.25, -0.2) is 0 Å². The molecular formula is C16H22F3N. The molecule has 1 aromatic carbocycles. The van der Waals surface area contributed by atoms with Crippen LogP contribution in [0.5, 0.6) is 0 Å². The van der Waals surface area contributed by atoms with E-state index in [9.17, 15) is 13.2 Å². The number of fused-ring (bicyclic) bond motifs is 1. The van der Waals surface area contributed by atoms with E-state index in [-0.39, 0.29) is 12.5 Å². The molecule has 2 atom stereocenters. The van der Waals surface area contributed by atoms with Gasteiger partial charge in [0.25, 0.3) is 0 Å². The molecule has 0 saturated carbocycles. The van der Waals surface area contributed by atoms with Crippen LogP contribution in [-0.2, 0) is 6.42 Å². The second-order valence-electron chi connectivity index (χ2n) is 5.64. The summed E-state index contributed by atoms with van der Waals surface area (Å²) in [5.41, 5.74) is 2.67. The van der Waals surface area contributed by atoms with Crippen LogP contribution < -0.4 is 5.32 Å². The largest absolute Gasteiger partial charge is 0.389 e. The fraction of sp³-hybridized carbons (Fsp3) is 0.625. The fourth-order valence-corrected chi connectivity index (χ4v) is 2.91. The number of nitrogens with one attached hydrogen (secondary N) is 1.